The van der Waals surface area contributed by atoms with Crippen molar-refractivity contribution in [2.45, 2.75) is 27.3 Å². The molecule has 0 radical (unpaired) electrons. The molecule has 128 valence electrons. The van der Waals surface area contributed by atoms with Gasteiger partial charge in [-0.1, -0.05) is 24.3 Å². The Balaban J connectivity index is 1.70. The van der Waals surface area contributed by atoms with E-state index in [4.69, 9.17) is 5.73 Å². The zero-order valence-corrected chi connectivity index (χ0v) is 14.7. The van der Waals surface area contributed by atoms with Crippen molar-refractivity contribution in [3.05, 3.63) is 65.0 Å². The molecule has 0 atom stereocenters. The van der Waals surface area contributed by atoms with Crippen LogP contribution in [0.25, 0.3) is 11.4 Å². The van der Waals surface area contributed by atoms with E-state index in [9.17, 15) is 0 Å². The van der Waals surface area contributed by atoms with Gasteiger partial charge in [-0.05, 0) is 55.7 Å². The second-order valence-corrected chi connectivity index (χ2v) is 6.15. The van der Waals surface area contributed by atoms with Crippen molar-refractivity contribution >= 4 is 11.6 Å². The van der Waals surface area contributed by atoms with Crippen LogP contribution in [0.15, 0.2) is 47.5 Å². The molecule has 3 rings (SSSR count). The molecule has 2 aromatic carbocycles. The summed E-state index contributed by atoms with van der Waals surface area (Å²) in [5, 5.41) is 10.2. The minimum absolute atomic E-state index is 0.393. The highest BCUT2D eigenvalue weighted by atomic mass is 15.2. The summed E-state index contributed by atoms with van der Waals surface area (Å²) in [5.41, 5.74) is 11.3. The zero-order valence-electron chi connectivity index (χ0n) is 14.7. The molecule has 0 aliphatic carbocycles. The molecule has 0 unspecified atom stereocenters. The summed E-state index contributed by atoms with van der Waals surface area (Å²) < 4.78 is 0. The van der Waals surface area contributed by atoms with E-state index in [1.165, 1.54) is 11.1 Å². The molecular weight excluding hydrogens is 312 g/mol. The number of hydrogen-bond donors (Lipinski definition) is 3. The first kappa shape index (κ1) is 16.7. The molecule has 4 N–H and O–H groups in total. The number of rotatable bonds is 4. The van der Waals surface area contributed by atoms with E-state index in [1.54, 1.807) is 0 Å². The molecule has 0 fully saturated rings. The molecule has 25 heavy (non-hydrogen) atoms. The van der Waals surface area contributed by atoms with Crippen molar-refractivity contribution in [2.24, 2.45) is 10.7 Å². The molecule has 6 heteroatoms. The predicted molar refractivity (Wildman–Crippen MR) is 101 cm³/mol. The van der Waals surface area contributed by atoms with Gasteiger partial charge in [0.2, 0.25) is 0 Å². The molecule has 0 aliphatic heterocycles. The Hall–Kier alpha value is -3.15. The van der Waals surface area contributed by atoms with Gasteiger partial charge in [0.15, 0.2) is 11.8 Å². The summed E-state index contributed by atoms with van der Waals surface area (Å²) in [6, 6.07) is 14.2. The third-order valence-electron chi connectivity index (χ3n) is 3.71. The number of anilines is 1. The molecule has 0 saturated heterocycles. The third-order valence-corrected chi connectivity index (χ3v) is 3.71. The summed E-state index contributed by atoms with van der Waals surface area (Å²) in [4.78, 5) is 8.77. The third kappa shape index (κ3) is 4.44. The number of benzene rings is 2. The van der Waals surface area contributed by atoms with Gasteiger partial charge >= 0.3 is 0 Å². The lowest BCUT2D eigenvalue weighted by Gasteiger charge is -2.08. The van der Waals surface area contributed by atoms with E-state index in [0.717, 1.165) is 22.6 Å². The van der Waals surface area contributed by atoms with Crippen LogP contribution in [0.1, 0.15) is 22.5 Å². The maximum atomic E-state index is 6.02. The maximum Gasteiger partial charge on any atom is 0.193 e. The van der Waals surface area contributed by atoms with Crippen molar-refractivity contribution in [3.8, 4) is 11.4 Å². The maximum absolute atomic E-state index is 6.02. The predicted octanol–water partition coefficient (Wildman–Crippen LogP) is 3.32. The Morgan fingerprint density at radius 1 is 1.12 bits per heavy atom. The molecule has 0 spiro atoms. The lowest BCUT2D eigenvalue weighted by molar-refractivity contribution is 1.04. The highest BCUT2D eigenvalue weighted by Gasteiger charge is 2.04. The monoisotopic (exact) mass is 334 g/mol. The largest absolute Gasteiger partial charge is 0.370 e. The van der Waals surface area contributed by atoms with Crippen molar-refractivity contribution in [1.82, 2.24) is 15.2 Å². The van der Waals surface area contributed by atoms with E-state index in [0.29, 0.717) is 18.3 Å². The SMILES string of the molecule is Cc1cc(C)cc(NC(N)=NCc2cccc(-c3n[nH]c(C)n3)c2)c1. The number of aromatic nitrogens is 3. The van der Waals surface area contributed by atoms with E-state index in [2.05, 4.69) is 45.4 Å². The number of H-pyrrole nitrogens is 1. The number of aromatic amines is 1. The highest BCUT2D eigenvalue weighted by molar-refractivity contribution is 5.92. The number of guanidine groups is 1. The topological polar surface area (TPSA) is 92.0 Å². The fourth-order valence-corrected chi connectivity index (χ4v) is 2.69. The standard InChI is InChI=1S/C19H22N6/c1-12-7-13(2)9-17(8-12)23-19(20)21-11-15-5-4-6-16(10-15)18-22-14(3)24-25-18/h4-10H,11H2,1-3H3,(H3,20,21,23)(H,22,24,25). The van der Waals surface area contributed by atoms with Crippen LogP contribution >= 0.6 is 0 Å². The first-order valence-electron chi connectivity index (χ1n) is 8.13. The zero-order chi connectivity index (χ0) is 17.8. The number of aryl methyl sites for hydroxylation is 3. The summed E-state index contributed by atoms with van der Waals surface area (Å²) >= 11 is 0. The van der Waals surface area contributed by atoms with Crippen LogP contribution in [-0.2, 0) is 6.54 Å². The van der Waals surface area contributed by atoms with E-state index < -0.39 is 0 Å². The molecule has 0 amide bonds. The number of hydrogen-bond acceptors (Lipinski definition) is 3. The first-order valence-corrected chi connectivity index (χ1v) is 8.13. The lowest BCUT2D eigenvalue weighted by Crippen LogP contribution is -2.22. The van der Waals surface area contributed by atoms with E-state index in [1.807, 2.05) is 43.3 Å². The molecule has 1 heterocycles. The van der Waals surface area contributed by atoms with Crippen molar-refractivity contribution in [1.29, 1.82) is 0 Å². The summed E-state index contributed by atoms with van der Waals surface area (Å²) in [7, 11) is 0. The summed E-state index contributed by atoms with van der Waals surface area (Å²) in [6.07, 6.45) is 0. The van der Waals surface area contributed by atoms with Crippen LogP contribution in [0.4, 0.5) is 5.69 Å². The number of nitrogens with one attached hydrogen (secondary N) is 2. The van der Waals surface area contributed by atoms with Gasteiger partial charge in [0.1, 0.15) is 5.82 Å². The fourth-order valence-electron chi connectivity index (χ4n) is 2.69. The van der Waals surface area contributed by atoms with Crippen LogP contribution in [0.5, 0.6) is 0 Å². The van der Waals surface area contributed by atoms with Crippen molar-refractivity contribution in [2.75, 3.05) is 5.32 Å². The van der Waals surface area contributed by atoms with Crippen molar-refractivity contribution < 1.29 is 0 Å². The quantitative estimate of drug-likeness (QED) is 0.504. The van der Waals surface area contributed by atoms with Gasteiger partial charge in [-0.3, -0.25) is 5.10 Å². The molecule has 6 nitrogen and oxygen atoms in total. The summed E-state index contributed by atoms with van der Waals surface area (Å²) in [6.45, 7) is 6.48. The number of aliphatic imine (C=N–C) groups is 1. The molecule has 3 aromatic rings. The van der Waals surface area contributed by atoms with Crippen LogP contribution < -0.4 is 11.1 Å². The Morgan fingerprint density at radius 3 is 2.56 bits per heavy atom. The van der Waals surface area contributed by atoms with Gasteiger partial charge in [-0.2, -0.15) is 5.10 Å². The van der Waals surface area contributed by atoms with Gasteiger partial charge in [0.05, 0.1) is 6.54 Å². The normalized spacial score (nSPS) is 11.6. The minimum Gasteiger partial charge on any atom is -0.370 e. The first-order chi connectivity index (χ1) is 12.0. The molecule has 0 bridgehead atoms. The van der Waals surface area contributed by atoms with E-state index in [-0.39, 0.29) is 0 Å². The number of nitrogens with zero attached hydrogens (tertiary/aromatic N) is 3. The van der Waals surface area contributed by atoms with Crippen LogP contribution in [-0.4, -0.2) is 21.1 Å². The Bertz CT molecular complexity index is 890. The van der Waals surface area contributed by atoms with Gasteiger partial charge in [-0.25, -0.2) is 9.98 Å². The number of nitrogens with two attached hydrogens (primary N) is 1. The van der Waals surface area contributed by atoms with Gasteiger partial charge in [0.25, 0.3) is 0 Å². The van der Waals surface area contributed by atoms with Crippen molar-refractivity contribution in [3.63, 3.8) is 0 Å². The van der Waals surface area contributed by atoms with Crippen LogP contribution in [0.2, 0.25) is 0 Å². The lowest BCUT2D eigenvalue weighted by atomic mass is 10.1. The smallest absolute Gasteiger partial charge is 0.193 e. The Kier molecular flexibility index (Phi) is 4.79. The van der Waals surface area contributed by atoms with Gasteiger partial charge in [-0.15, -0.1) is 0 Å². The summed E-state index contributed by atoms with van der Waals surface area (Å²) in [5.74, 6) is 1.87. The average molecular weight is 334 g/mol. The molecule has 1 aromatic heterocycles. The van der Waals surface area contributed by atoms with E-state index >= 15 is 0 Å². The molecule has 0 aliphatic rings. The average Bonchev–Trinajstić information content (AvgIpc) is 2.99. The second-order valence-electron chi connectivity index (χ2n) is 6.15. The van der Waals surface area contributed by atoms with Gasteiger partial charge in [0, 0.05) is 11.3 Å². The van der Waals surface area contributed by atoms with Crippen LogP contribution in [0, 0.1) is 20.8 Å². The molecule has 0 saturated carbocycles. The minimum atomic E-state index is 0.393. The van der Waals surface area contributed by atoms with Gasteiger partial charge < -0.3 is 11.1 Å². The van der Waals surface area contributed by atoms with Crippen LogP contribution in [0.3, 0.4) is 0 Å². The second kappa shape index (κ2) is 7.17. The Labute approximate surface area is 147 Å². The fraction of sp³-hybridized carbons (Fsp3) is 0.211. The highest BCUT2D eigenvalue weighted by Crippen LogP contribution is 2.17. The Morgan fingerprint density at radius 2 is 1.88 bits per heavy atom. The molecular formula is C19H22N6.